The molecule has 8 nitrogen and oxygen atoms in total. The van der Waals surface area contributed by atoms with Crippen LogP contribution in [0.25, 0.3) is 6.08 Å². The minimum absolute atomic E-state index is 0.000656. The lowest BCUT2D eigenvalue weighted by Crippen LogP contribution is -2.16. The van der Waals surface area contributed by atoms with Crippen LogP contribution < -0.4 is 10.0 Å². The molecule has 2 N–H and O–H groups in total. The van der Waals surface area contributed by atoms with Crippen LogP contribution in [0.15, 0.2) is 65.1 Å². The smallest absolute Gasteiger partial charge is 0.266 e. The van der Waals surface area contributed by atoms with Crippen molar-refractivity contribution in [2.24, 2.45) is 0 Å². The maximum absolute atomic E-state index is 12.7. The number of rotatable bonds is 7. The highest BCUT2D eigenvalue weighted by atomic mass is 32.2. The van der Waals surface area contributed by atoms with E-state index >= 15 is 0 Å². The summed E-state index contributed by atoms with van der Waals surface area (Å²) in [6.07, 6.45) is 1.51. The number of aromatic nitrogens is 2. The summed E-state index contributed by atoms with van der Waals surface area (Å²) in [6.45, 7) is 7.59. The van der Waals surface area contributed by atoms with Gasteiger partial charge in [-0.1, -0.05) is 38.1 Å². The summed E-state index contributed by atoms with van der Waals surface area (Å²) in [4.78, 5) is 20.8. The number of benzene rings is 2. The Morgan fingerprint density at radius 1 is 1.03 bits per heavy atom. The van der Waals surface area contributed by atoms with E-state index in [1.165, 1.54) is 36.4 Å². The molecular formula is C25H25N5O3S. The van der Waals surface area contributed by atoms with E-state index in [9.17, 15) is 18.5 Å². The number of carbonyl (C=O) groups excluding carboxylic acids is 1. The van der Waals surface area contributed by atoms with E-state index in [1.54, 1.807) is 13.8 Å². The van der Waals surface area contributed by atoms with E-state index in [2.05, 4.69) is 33.9 Å². The van der Waals surface area contributed by atoms with E-state index in [-0.39, 0.29) is 16.3 Å². The molecule has 0 bridgehead atoms. The zero-order valence-electron chi connectivity index (χ0n) is 19.3. The highest BCUT2D eigenvalue weighted by molar-refractivity contribution is 7.92. The zero-order chi connectivity index (χ0) is 24.9. The quantitative estimate of drug-likeness (QED) is 0.381. The second kappa shape index (κ2) is 10.3. The van der Waals surface area contributed by atoms with Crippen LogP contribution >= 0.6 is 0 Å². The van der Waals surface area contributed by atoms with Crippen LogP contribution in [-0.4, -0.2) is 24.3 Å². The number of nitriles is 1. The molecule has 0 saturated carbocycles. The van der Waals surface area contributed by atoms with Gasteiger partial charge < -0.3 is 5.32 Å². The Hall–Kier alpha value is -4.03. The van der Waals surface area contributed by atoms with Crippen molar-refractivity contribution in [3.05, 3.63) is 82.8 Å². The van der Waals surface area contributed by atoms with Gasteiger partial charge in [0.1, 0.15) is 23.3 Å². The summed E-state index contributed by atoms with van der Waals surface area (Å²) in [5.74, 6) is 0.421. The highest BCUT2D eigenvalue weighted by Gasteiger charge is 2.16. The molecule has 0 aliphatic carbocycles. The van der Waals surface area contributed by atoms with Crippen molar-refractivity contribution in [3.8, 4) is 6.07 Å². The van der Waals surface area contributed by atoms with E-state index in [0.717, 1.165) is 11.1 Å². The number of hydrogen-bond donors (Lipinski definition) is 2. The Morgan fingerprint density at radius 3 is 2.24 bits per heavy atom. The standard InChI is InChI=1S/C25H25N5O3S/c1-16(2)20-7-5-19(6-8-20)14-21(15-26)25(31)29-22-9-11-23(12-10-22)34(32,33)30-24-13-17(3)27-18(4)28-24/h5-14,16H,1-4H3,(H,29,31)(H,27,28,30)/b21-14-. The van der Waals surface area contributed by atoms with Crippen molar-refractivity contribution in [1.82, 2.24) is 9.97 Å². The van der Waals surface area contributed by atoms with E-state index < -0.39 is 15.9 Å². The summed E-state index contributed by atoms with van der Waals surface area (Å²) in [5.41, 5.74) is 2.83. The number of nitrogens with one attached hydrogen (secondary N) is 2. The number of anilines is 2. The molecule has 0 saturated heterocycles. The van der Waals surface area contributed by atoms with Crippen LogP contribution in [0.3, 0.4) is 0 Å². The first-order valence-corrected chi connectivity index (χ1v) is 12.0. The van der Waals surface area contributed by atoms with E-state index in [0.29, 0.717) is 23.1 Å². The van der Waals surface area contributed by atoms with Gasteiger partial charge in [-0.05, 0) is 61.2 Å². The Bertz CT molecular complexity index is 1350. The molecule has 9 heteroatoms. The lowest BCUT2D eigenvalue weighted by Gasteiger charge is -2.10. The lowest BCUT2D eigenvalue weighted by atomic mass is 10.0. The topological polar surface area (TPSA) is 125 Å². The molecule has 34 heavy (non-hydrogen) atoms. The average Bonchev–Trinajstić information content (AvgIpc) is 2.77. The first kappa shape index (κ1) is 24.6. The molecule has 174 valence electrons. The van der Waals surface area contributed by atoms with Gasteiger partial charge >= 0.3 is 0 Å². The largest absolute Gasteiger partial charge is 0.321 e. The molecule has 0 unspecified atom stereocenters. The molecule has 1 heterocycles. The fraction of sp³-hybridized carbons (Fsp3) is 0.200. The van der Waals surface area contributed by atoms with Gasteiger partial charge in [-0.2, -0.15) is 5.26 Å². The Labute approximate surface area is 199 Å². The van der Waals surface area contributed by atoms with Crippen LogP contribution in [0.1, 0.15) is 42.4 Å². The Kier molecular flexibility index (Phi) is 7.44. The van der Waals surface area contributed by atoms with Crippen molar-refractivity contribution < 1.29 is 13.2 Å². The third-order valence-electron chi connectivity index (χ3n) is 4.91. The van der Waals surface area contributed by atoms with Gasteiger partial charge in [0, 0.05) is 17.4 Å². The van der Waals surface area contributed by atoms with Gasteiger partial charge in [0.05, 0.1) is 4.90 Å². The molecule has 1 amide bonds. The molecule has 3 rings (SSSR count). The van der Waals surface area contributed by atoms with Crippen LogP contribution in [0.5, 0.6) is 0 Å². The number of amides is 1. The molecule has 0 aliphatic rings. The summed E-state index contributed by atoms with van der Waals surface area (Å²) < 4.78 is 27.8. The van der Waals surface area contributed by atoms with Crippen LogP contribution in [0.4, 0.5) is 11.5 Å². The molecule has 3 aromatic rings. The molecule has 0 spiro atoms. The van der Waals surface area contributed by atoms with Crippen LogP contribution in [-0.2, 0) is 14.8 Å². The predicted octanol–water partition coefficient (Wildman–Crippen LogP) is 4.56. The number of sulfonamides is 1. The number of hydrogen-bond acceptors (Lipinski definition) is 6. The van der Waals surface area contributed by atoms with Crippen LogP contribution in [0, 0.1) is 25.2 Å². The Morgan fingerprint density at radius 2 is 1.68 bits per heavy atom. The number of nitrogens with zero attached hydrogens (tertiary/aromatic N) is 3. The molecule has 2 aromatic carbocycles. The van der Waals surface area contributed by atoms with E-state index in [4.69, 9.17) is 0 Å². The summed E-state index contributed by atoms with van der Waals surface area (Å²) in [6, 6.07) is 16.7. The van der Waals surface area contributed by atoms with Crippen LogP contribution in [0.2, 0.25) is 0 Å². The minimum Gasteiger partial charge on any atom is -0.321 e. The molecule has 1 aromatic heterocycles. The zero-order valence-corrected chi connectivity index (χ0v) is 20.1. The van der Waals surface area contributed by atoms with Crippen molar-refractivity contribution >= 4 is 33.5 Å². The van der Waals surface area contributed by atoms with Gasteiger partial charge in [-0.25, -0.2) is 18.4 Å². The van der Waals surface area contributed by atoms with Crippen molar-refractivity contribution in [2.45, 2.75) is 38.5 Å². The summed E-state index contributed by atoms with van der Waals surface area (Å²) in [7, 11) is -3.88. The first-order valence-electron chi connectivity index (χ1n) is 10.6. The molecule has 0 fully saturated rings. The van der Waals surface area contributed by atoms with Crippen molar-refractivity contribution in [2.75, 3.05) is 10.0 Å². The SMILES string of the molecule is Cc1cc(NS(=O)(=O)c2ccc(NC(=O)/C(C#N)=C\c3ccc(C(C)C)cc3)cc2)nc(C)n1. The van der Waals surface area contributed by atoms with Gasteiger partial charge in [-0.15, -0.1) is 0 Å². The molecular weight excluding hydrogens is 450 g/mol. The van der Waals surface area contributed by atoms with Crippen molar-refractivity contribution in [1.29, 1.82) is 5.26 Å². The molecule has 0 atom stereocenters. The van der Waals surface area contributed by atoms with Gasteiger partial charge in [0.2, 0.25) is 0 Å². The van der Waals surface area contributed by atoms with E-state index in [1.807, 2.05) is 30.3 Å². The first-order chi connectivity index (χ1) is 16.1. The van der Waals surface area contributed by atoms with Gasteiger partial charge in [0.25, 0.3) is 15.9 Å². The fourth-order valence-electron chi connectivity index (χ4n) is 3.17. The minimum atomic E-state index is -3.88. The average molecular weight is 476 g/mol. The van der Waals surface area contributed by atoms with Gasteiger partial charge in [0.15, 0.2) is 0 Å². The fourth-order valence-corrected chi connectivity index (χ4v) is 4.17. The van der Waals surface area contributed by atoms with Crippen molar-refractivity contribution in [3.63, 3.8) is 0 Å². The molecule has 0 aliphatic heterocycles. The normalized spacial score (nSPS) is 11.7. The maximum Gasteiger partial charge on any atom is 0.266 e. The second-order valence-electron chi connectivity index (χ2n) is 8.02. The summed E-state index contributed by atoms with van der Waals surface area (Å²) in [5, 5.41) is 12.1. The van der Waals surface area contributed by atoms with Gasteiger partial charge in [-0.3, -0.25) is 9.52 Å². The summed E-state index contributed by atoms with van der Waals surface area (Å²) >= 11 is 0. The lowest BCUT2D eigenvalue weighted by molar-refractivity contribution is -0.112. The number of carbonyl (C=O) groups is 1. The maximum atomic E-state index is 12.7. The number of aryl methyl sites for hydroxylation is 2. The highest BCUT2D eigenvalue weighted by Crippen LogP contribution is 2.19. The monoisotopic (exact) mass is 475 g/mol. The predicted molar refractivity (Wildman–Crippen MR) is 132 cm³/mol. The second-order valence-corrected chi connectivity index (χ2v) is 9.70. The third-order valence-corrected chi connectivity index (χ3v) is 6.28. The molecule has 0 radical (unpaired) electrons. The third kappa shape index (κ3) is 6.27. The Balaban J connectivity index is 1.72.